The normalized spacial score (nSPS) is 16.4. The van der Waals surface area contributed by atoms with Crippen LogP contribution in [0.5, 0.6) is 5.75 Å². The third-order valence-electron chi connectivity index (χ3n) is 5.78. The van der Waals surface area contributed by atoms with Crippen molar-refractivity contribution in [3.05, 3.63) is 65.8 Å². The smallest absolute Gasteiger partial charge is 0.241 e. The van der Waals surface area contributed by atoms with E-state index in [9.17, 15) is 9.18 Å². The van der Waals surface area contributed by atoms with E-state index in [0.29, 0.717) is 31.3 Å². The maximum absolute atomic E-state index is 13.0. The van der Waals surface area contributed by atoms with Crippen molar-refractivity contribution in [1.82, 2.24) is 20.4 Å². The second-order valence-electron chi connectivity index (χ2n) is 8.28. The number of thioether (sulfide) groups is 1. The number of nitrogens with one attached hydrogen (secondary N) is 1. The van der Waals surface area contributed by atoms with Gasteiger partial charge in [-0.2, -0.15) is 16.7 Å². The van der Waals surface area contributed by atoms with E-state index in [1.54, 1.807) is 31.0 Å². The Morgan fingerprint density at radius 1 is 1.24 bits per heavy atom. The summed E-state index contributed by atoms with van der Waals surface area (Å²) in [5.74, 6) is 3.31. The number of hydrogen-bond donors (Lipinski definition) is 1. The minimum Gasteiger partial charge on any atom is -0.497 e. The SMILES string of the molecule is COc1ccc(-c2noc(CN3CCCC(C(=O)NCCSCc4ccc(F)cc4)C3)n2)cc1. The number of hydrogen-bond acceptors (Lipinski definition) is 7. The summed E-state index contributed by atoms with van der Waals surface area (Å²) in [6.45, 7) is 2.73. The lowest BCUT2D eigenvalue weighted by Gasteiger charge is -2.30. The molecule has 34 heavy (non-hydrogen) atoms. The van der Waals surface area contributed by atoms with E-state index in [4.69, 9.17) is 9.26 Å². The molecule has 0 saturated carbocycles. The molecule has 1 fully saturated rings. The monoisotopic (exact) mass is 484 g/mol. The van der Waals surface area contributed by atoms with Gasteiger partial charge in [-0.05, 0) is 61.3 Å². The highest BCUT2D eigenvalue weighted by Gasteiger charge is 2.26. The molecule has 1 aromatic heterocycles. The van der Waals surface area contributed by atoms with Crippen molar-refractivity contribution in [3.63, 3.8) is 0 Å². The highest BCUT2D eigenvalue weighted by molar-refractivity contribution is 7.98. The topological polar surface area (TPSA) is 80.5 Å². The summed E-state index contributed by atoms with van der Waals surface area (Å²) in [5, 5.41) is 7.15. The van der Waals surface area contributed by atoms with Crippen LogP contribution in [-0.4, -0.2) is 53.4 Å². The number of benzene rings is 2. The van der Waals surface area contributed by atoms with Crippen LogP contribution in [0.1, 0.15) is 24.3 Å². The molecular formula is C25H29FN4O3S. The Morgan fingerprint density at radius 3 is 2.79 bits per heavy atom. The molecule has 1 atom stereocenters. The van der Waals surface area contributed by atoms with Gasteiger partial charge in [-0.15, -0.1) is 0 Å². The fourth-order valence-corrected chi connectivity index (χ4v) is 4.76. The zero-order valence-electron chi connectivity index (χ0n) is 19.2. The molecule has 2 aromatic carbocycles. The van der Waals surface area contributed by atoms with Gasteiger partial charge in [0, 0.05) is 30.2 Å². The second-order valence-corrected chi connectivity index (χ2v) is 9.39. The summed E-state index contributed by atoms with van der Waals surface area (Å²) in [7, 11) is 1.63. The minimum absolute atomic E-state index is 0.0418. The van der Waals surface area contributed by atoms with Crippen molar-refractivity contribution in [1.29, 1.82) is 0 Å². The first-order valence-electron chi connectivity index (χ1n) is 11.4. The third-order valence-corrected chi connectivity index (χ3v) is 6.81. The molecule has 0 spiro atoms. The third kappa shape index (κ3) is 6.80. The zero-order valence-corrected chi connectivity index (χ0v) is 20.0. The number of halogens is 1. The quantitative estimate of drug-likeness (QED) is 0.433. The Kier molecular flexibility index (Phi) is 8.54. The van der Waals surface area contributed by atoms with Crippen LogP contribution < -0.4 is 10.1 Å². The molecule has 0 bridgehead atoms. The van der Waals surface area contributed by atoms with E-state index >= 15 is 0 Å². The number of amides is 1. The Balaban J connectivity index is 1.19. The largest absolute Gasteiger partial charge is 0.497 e. The summed E-state index contributed by atoms with van der Waals surface area (Å²) in [6, 6.07) is 14.0. The first-order valence-corrected chi connectivity index (χ1v) is 12.6. The summed E-state index contributed by atoms with van der Waals surface area (Å²) >= 11 is 1.72. The molecule has 1 unspecified atom stereocenters. The lowest BCUT2D eigenvalue weighted by atomic mass is 9.97. The highest BCUT2D eigenvalue weighted by Crippen LogP contribution is 2.22. The van der Waals surface area contributed by atoms with Crippen LogP contribution in [0.25, 0.3) is 11.4 Å². The van der Waals surface area contributed by atoms with Crippen molar-refractivity contribution in [2.24, 2.45) is 5.92 Å². The van der Waals surface area contributed by atoms with E-state index in [2.05, 4.69) is 20.4 Å². The Morgan fingerprint density at radius 2 is 2.03 bits per heavy atom. The van der Waals surface area contributed by atoms with Crippen LogP contribution in [0.2, 0.25) is 0 Å². The molecule has 1 aliphatic rings. The van der Waals surface area contributed by atoms with E-state index in [1.165, 1.54) is 12.1 Å². The summed E-state index contributed by atoms with van der Waals surface area (Å²) in [5.41, 5.74) is 1.95. The molecule has 1 N–H and O–H groups in total. The summed E-state index contributed by atoms with van der Waals surface area (Å²) in [4.78, 5) is 19.4. The molecule has 1 aliphatic heterocycles. The number of rotatable bonds is 10. The number of piperidine rings is 1. The van der Waals surface area contributed by atoms with Crippen LogP contribution in [0.4, 0.5) is 4.39 Å². The molecule has 3 aromatic rings. The Hall–Kier alpha value is -2.91. The fourth-order valence-electron chi connectivity index (χ4n) is 3.94. The van der Waals surface area contributed by atoms with Gasteiger partial charge in [-0.25, -0.2) is 4.39 Å². The van der Waals surface area contributed by atoms with Gasteiger partial charge in [-0.3, -0.25) is 9.69 Å². The standard InChI is InChI=1S/C25H29FN4O3S/c1-32-22-10-6-19(7-11-22)24-28-23(33-29-24)16-30-13-2-3-20(15-30)25(31)27-12-14-34-17-18-4-8-21(26)9-5-18/h4-11,20H,2-3,12-17H2,1H3,(H,27,31). The van der Waals surface area contributed by atoms with Crippen LogP contribution in [-0.2, 0) is 17.1 Å². The van der Waals surface area contributed by atoms with E-state index in [0.717, 1.165) is 47.8 Å². The van der Waals surface area contributed by atoms with Crippen LogP contribution >= 0.6 is 11.8 Å². The molecule has 9 heteroatoms. The molecule has 4 rings (SSSR count). The van der Waals surface area contributed by atoms with Gasteiger partial charge in [0.1, 0.15) is 11.6 Å². The first-order chi connectivity index (χ1) is 16.6. The second kappa shape index (κ2) is 12.0. The predicted molar refractivity (Wildman–Crippen MR) is 130 cm³/mol. The minimum atomic E-state index is -0.223. The molecule has 0 radical (unpaired) electrons. The van der Waals surface area contributed by atoms with E-state index in [1.807, 2.05) is 24.3 Å². The number of likely N-dealkylation sites (tertiary alicyclic amines) is 1. The Labute approximate surface area is 203 Å². The van der Waals surface area contributed by atoms with Gasteiger partial charge >= 0.3 is 0 Å². The number of aromatic nitrogens is 2. The van der Waals surface area contributed by atoms with Crippen LogP contribution in [0, 0.1) is 11.7 Å². The average Bonchev–Trinajstić information content (AvgIpc) is 3.33. The van der Waals surface area contributed by atoms with Crippen molar-refractivity contribution < 1.29 is 18.4 Å². The number of nitrogens with zero attached hydrogens (tertiary/aromatic N) is 3. The molecule has 180 valence electrons. The predicted octanol–water partition coefficient (Wildman–Crippen LogP) is 4.15. The van der Waals surface area contributed by atoms with Crippen molar-refractivity contribution in [3.8, 4) is 17.1 Å². The lowest BCUT2D eigenvalue weighted by Crippen LogP contribution is -2.43. The average molecular weight is 485 g/mol. The van der Waals surface area contributed by atoms with Gasteiger partial charge in [0.05, 0.1) is 19.6 Å². The molecule has 2 heterocycles. The van der Waals surface area contributed by atoms with E-state index in [-0.39, 0.29) is 17.6 Å². The van der Waals surface area contributed by atoms with Crippen molar-refractivity contribution in [2.45, 2.75) is 25.1 Å². The zero-order chi connectivity index (χ0) is 23.8. The number of ether oxygens (including phenoxy) is 1. The summed E-state index contributed by atoms with van der Waals surface area (Å²) in [6.07, 6.45) is 1.84. The summed E-state index contributed by atoms with van der Waals surface area (Å²) < 4.78 is 23.6. The Bertz CT molecular complexity index is 1060. The van der Waals surface area contributed by atoms with E-state index < -0.39 is 0 Å². The van der Waals surface area contributed by atoms with Crippen LogP contribution in [0.15, 0.2) is 53.1 Å². The highest BCUT2D eigenvalue weighted by atomic mass is 32.2. The molecule has 7 nitrogen and oxygen atoms in total. The van der Waals surface area contributed by atoms with Crippen LogP contribution in [0.3, 0.4) is 0 Å². The maximum atomic E-state index is 13.0. The maximum Gasteiger partial charge on any atom is 0.241 e. The van der Waals surface area contributed by atoms with Crippen molar-refractivity contribution in [2.75, 3.05) is 32.5 Å². The number of carbonyl (C=O) groups excluding carboxylic acids is 1. The van der Waals surface area contributed by atoms with Gasteiger partial charge in [-0.1, -0.05) is 17.3 Å². The lowest BCUT2D eigenvalue weighted by molar-refractivity contribution is -0.126. The first kappa shape index (κ1) is 24.2. The fraction of sp³-hybridized carbons (Fsp3) is 0.400. The molecule has 1 saturated heterocycles. The molecular weight excluding hydrogens is 455 g/mol. The van der Waals surface area contributed by atoms with Gasteiger partial charge in [0.15, 0.2) is 0 Å². The molecule has 1 amide bonds. The van der Waals surface area contributed by atoms with Gasteiger partial charge in [0.25, 0.3) is 0 Å². The van der Waals surface area contributed by atoms with Gasteiger partial charge < -0.3 is 14.6 Å². The van der Waals surface area contributed by atoms with Crippen molar-refractivity contribution >= 4 is 17.7 Å². The molecule has 0 aliphatic carbocycles. The number of methoxy groups -OCH3 is 1. The number of carbonyl (C=O) groups is 1. The van der Waals surface area contributed by atoms with Gasteiger partial charge in [0.2, 0.25) is 17.6 Å².